The van der Waals surface area contributed by atoms with Crippen molar-refractivity contribution >= 4 is 11.8 Å². The lowest BCUT2D eigenvalue weighted by Gasteiger charge is -2.10. The zero-order valence-corrected chi connectivity index (χ0v) is 14.2. The molecule has 0 amide bonds. The summed E-state index contributed by atoms with van der Waals surface area (Å²) in [5.41, 5.74) is 3.16. The van der Waals surface area contributed by atoms with E-state index in [-0.39, 0.29) is 5.82 Å². The largest absolute Gasteiger partial charge is 0.366 e. The quantitative estimate of drug-likeness (QED) is 0.679. The second kappa shape index (κ2) is 8.24. The van der Waals surface area contributed by atoms with Gasteiger partial charge in [0, 0.05) is 19.3 Å². The van der Waals surface area contributed by atoms with Gasteiger partial charge < -0.3 is 10.6 Å². The van der Waals surface area contributed by atoms with Crippen molar-refractivity contribution in [3.05, 3.63) is 83.3 Å². The van der Waals surface area contributed by atoms with E-state index in [0.29, 0.717) is 31.0 Å². The first kappa shape index (κ1) is 16.9. The monoisotopic (exact) mass is 336 g/mol. The van der Waals surface area contributed by atoms with Gasteiger partial charge in [-0.1, -0.05) is 42.5 Å². The molecular weight excluding hydrogens is 315 g/mol. The fourth-order valence-corrected chi connectivity index (χ4v) is 2.55. The molecule has 0 aliphatic carbocycles. The van der Waals surface area contributed by atoms with Crippen molar-refractivity contribution in [1.29, 1.82) is 0 Å². The van der Waals surface area contributed by atoms with Gasteiger partial charge in [0.15, 0.2) is 0 Å². The van der Waals surface area contributed by atoms with E-state index >= 15 is 0 Å². The molecule has 25 heavy (non-hydrogen) atoms. The van der Waals surface area contributed by atoms with Crippen LogP contribution in [-0.2, 0) is 13.0 Å². The number of aromatic nitrogens is 2. The maximum atomic E-state index is 13.6. The van der Waals surface area contributed by atoms with Crippen LogP contribution in [-0.4, -0.2) is 16.5 Å². The van der Waals surface area contributed by atoms with Gasteiger partial charge in [0.25, 0.3) is 0 Å². The lowest BCUT2D eigenvalue weighted by molar-refractivity contribution is 0.610. The summed E-state index contributed by atoms with van der Waals surface area (Å²) in [4.78, 5) is 8.65. The predicted molar refractivity (Wildman–Crippen MR) is 99.1 cm³/mol. The summed E-state index contributed by atoms with van der Waals surface area (Å²) in [6.45, 7) is 3.37. The Kier molecular flexibility index (Phi) is 5.57. The van der Waals surface area contributed by atoms with Crippen LogP contribution in [0.3, 0.4) is 0 Å². The minimum absolute atomic E-state index is 0.182. The second-order valence-corrected chi connectivity index (χ2v) is 5.81. The maximum absolute atomic E-state index is 13.6. The van der Waals surface area contributed by atoms with E-state index in [1.807, 2.05) is 24.3 Å². The van der Waals surface area contributed by atoms with E-state index in [0.717, 1.165) is 5.82 Å². The van der Waals surface area contributed by atoms with Gasteiger partial charge in [-0.3, -0.25) is 0 Å². The number of benzene rings is 2. The zero-order chi connectivity index (χ0) is 17.5. The Bertz CT molecular complexity index is 835. The van der Waals surface area contributed by atoms with Crippen molar-refractivity contribution in [2.75, 3.05) is 17.2 Å². The van der Waals surface area contributed by atoms with Gasteiger partial charge in [0.1, 0.15) is 11.6 Å². The average molecular weight is 336 g/mol. The number of hydrogen-bond donors (Lipinski definition) is 2. The molecule has 0 atom stereocenters. The number of aryl methyl sites for hydroxylation is 1. The first-order chi connectivity index (χ1) is 12.2. The van der Waals surface area contributed by atoms with Crippen molar-refractivity contribution in [2.24, 2.45) is 0 Å². The molecule has 1 aromatic heterocycles. The van der Waals surface area contributed by atoms with Gasteiger partial charge in [0.2, 0.25) is 5.95 Å². The molecule has 2 N–H and O–H groups in total. The third-order valence-electron chi connectivity index (χ3n) is 4.01. The first-order valence-electron chi connectivity index (χ1n) is 8.31. The Balaban J connectivity index is 1.54. The summed E-state index contributed by atoms with van der Waals surface area (Å²) in [6.07, 6.45) is 2.29. The number of anilines is 2. The van der Waals surface area contributed by atoms with Crippen molar-refractivity contribution in [2.45, 2.75) is 19.9 Å². The average Bonchev–Trinajstić information content (AvgIpc) is 2.63. The van der Waals surface area contributed by atoms with Gasteiger partial charge in [-0.05, 0) is 42.2 Å². The summed E-state index contributed by atoms with van der Waals surface area (Å²) >= 11 is 0. The smallest absolute Gasteiger partial charge is 0.224 e. The maximum Gasteiger partial charge on any atom is 0.224 e. The third kappa shape index (κ3) is 4.76. The van der Waals surface area contributed by atoms with Gasteiger partial charge in [-0.2, -0.15) is 4.98 Å². The summed E-state index contributed by atoms with van der Waals surface area (Å²) in [5.74, 6) is 1.11. The highest BCUT2D eigenvalue weighted by atomic mass is 19.1. The topological polar surface area (TPSA) is 49.8 Å². The lowest BCUT2D eigenvalue weighted by Crippen LogP contribution is -2.10. The van der Waals surface area contributed by atoms with Crippen LogP contribution < -0.4 is 10.6 Å². The number of rotatable bonds is 7. The minimum Gasteiger partial charge on any atom is -0.366 e. The molecule has 0 bridgehead atoms. The fourth-order valence-electron chi connectivity index (χ4n) is 2.55. The summed E-state index contributed by atoms with van der Waals surface area (Å²) in [7, 11) is 0. The Morgan fingerprint density at radius 2 is 1.68 bits per heavy atom. The Labute approximate surface area is 147 Å². The Morgan fingerprint density at radius 3 is 2.48 bits per heavy atom. The molecule has 128 valence electrons. The SMILES string of the molecule is Cc1ccccc1CNc1ccnc(NCCc2ccccc2F)n1. The molecule has 0 aliphatic heterocycles. The zero-order valence-electron chi connectivity index (χ0n) is 14.2. The fraction of sp³-hybridized carbons (Fsp3) is 0.200. The first-order valence-corrected chi connectivity index (χ1v) is 8.31. The van der Waals surface area contributed by atoms with Gasteiger partial charge >= 0.3 is 0 Å². The summed E-state index contributed by atoms with van der Waals surface area (Å²) in [6, 6.07) is 16.9. The minimum atomic E-state index is -0.182. The molecule has 0 spiro atoms. The third-order valence-corrected chi connectivity index (χ3v) is 4.01. The van der Waals surface area contributed by atoms with Crippen molar-refractivity contribution in [1.82, 2.24) is 9.97 Å². The standard InChI is InChI=1S/C20H21FN4/c1-15-6-2-3-8-17(15)14-24-19-11-13-23-20(25-19)22-12-10-16-7-4-5-9-18(16)21/h2-9,11,13H,10,12,14H2,1H3,(H2,22,23,24,25). The predicted octanol–water partition coefficient (Wildman–Crippen LogP) is 4.19. The molecule has 0 saturated heterocycles. The van der Waals surface area contributed by atoms with E-state index in [4.69, 9.17) is 0 Å². The molecule has 0 radical (unpaired) electrons. The number of nitrogens with one attached hydrogen (secondary N) is 2. The van der Waals surface area contributed by atoms with E-state index < -0.39 is 0 Å². The molecule has 3 aromatic rings. The summed E-state index contributed by atoms with van der Waals surface area (Å²) in [5, 5.41) is 6.45. The van der Waals surface area contributed by atoms with Crippen LogP contribution in [0.25, 0.3) is 0 Å². The van der Waals surface area contributed by atoms with Crippen LogP contribution >= 0.6 is 0 Å². The number of nitrogens with zero attached hydrogens (tertiary/aromatic N) is 2. The van der Waals surface area contributed by atoms with Crippen LogP contribution in [0.5, 0.6) is 0 Å². The molecule has 0 fully saturated rings. The van der Waals surface area contributed by atoms with Crippen molar-refractivity contribution in [3.63, 3.8) is 0 Å². The van der Waals surface area contributed by atoms with E-state index in [9.17, 15) is 4.39 Å². The lowest BCUT2D eigenvalue weighted by atomic mass is 10.1. The summed E-state index contributed by atoms with van der Waals surface area (Å²) < 4.78 is 13.6. The molecule has 4 nitrogen and oxygen atoms in total. The van der Waals surface area contributed by atoms with Crippen LogP contribution in [0.4, 0.5) is 16.2 Å². The van der Waals surface area contributed by atoms with Crippen LogP contribution in [0.2, 0.25) is 0 Å². The Hall–Kier alpha value is -2.95. The van der Waals surface area contributed by atoms with Crippen LogP contribution in [0.1, 0.15) is 16.7 Å². The molecule has 0 unspecified atom stereocenters. The van der Waals surface area contributed by atoms with Crippen LogP contribution in [0, 0.1) is 12.7 Å². The van der Waals surface area contributed by atoms with Gasteiger partial charge in [-0.25, -0.2) is 9.37 Å². The number of halogens is 1. The highest BCUT2D eigenvalue weighted by Crippen LogP contribution is 2.12. The Morgan fingerprint density at radius 1 is 0.920 bits per heavy atom. The van der Waals surface area contributed by atoms with E-state index in [2.05, 4.69) is 39.7 Å². The number of hydrogen-bond acceptors (Lipinski definition) is 4. The molecule has 1 heterocycles. The highest BCUT2D eigenvalue weighted by molar-refractivity contribution is 5.41. The van der Waals surface area contributed by atoms with E-state index in [1.54, 1.807) is 18.3 Å². The molecular formula is C20H21FN4. The van der Waals surface area contributed by atoms with E-state index in [1.165, 1.54) is 17.2 Å². The molecule has 3 rings (SSSR count). The van der Waals surface area contributed by atoms with Gasteiger partial charge in [-0.15, -0.1) is 0 Å². The molecule has 5 heteroatoms. The van der Waals surface area contributed by atoms with Crippen molar-refractivity contribution in [3.8, 4) is 0 Å². The molecule has 2 aromatic carbocycles. The molecule has 0 saturated carbocycles. The molecule has 0 aliphatic rings. The normalized spacial score (nSPS) is 10.5. The highest BCUT2D eigenvalue weighted by Gasteiger charge is 2.03. The van der Waals surface area contributed by atoms with Crippen molar-refractivity contribution < 1.29 is 4.39 Å². The van der Waals surface area contributed by atoms with Crippen LogP contribution in [0.15, 0.2) is 60.8 Å². The van der Waals surface area contributed by atoms with Gasteiger partial charge in [0.05, 0.1) is 0 Å². The second-order valence-electron chi connectivity index (χ2n) is 5.81.